The van der Waals surface area contributed by atoms with Gasteiger partial charge in [0.1, 0.15) is 11.4 Å². The van der Waals surface area contributed by atoms with Crippen LogP contribution in [0.25, 0.3) is 11.3 Å². The van der Waals surface area contributed by atoms with Crippen LogP contribution in [0.5, 0.6) is 5.75 Å². The van der Waals surface area contributed by atoms with E-state index in [1.807, 2.05) is 0 Å². The zero-order chi connectivity index (χ0) is 10.8. The van der Waals surface area contributed by atoms with E-state index in [0.717, 1.165) is 0 Å². The monoisotopic (exact) mass is 224 g/mol. The van der Waals surface area contributed by atoms with E-state index in [4.69, 9.17) is 21.9 Å². The quantitative estimate of drug-likeness (QED) is 0.820. The van der Waals surface area contributed by atoms with Gasteiger partial charge in [0.2, 0.25) is 0 Å². The van der Waals surface area contributed by atoms with Crippen LogP contribution < -0.4 is 5.73 Å². The van der Waals surface area contributed by atoms with Gasteiger partial charge >= 0.3 is 0 Å². The Labute approximate surface area is 91.3 Å². The lowest BCUT2D eigenvalue weighted by Crippen LogP contribution is -1.92. The molecule has 1 aromatic heterocycles. The van der Waals surface area contributed by atoms with Gasteiger partial charge in [0.15, 0.2) is 5.76 Å². The Morgan fingerprint density at radius 1 is 1.40 bits per heavy atom. The molecule has 0 saturated heterocycles. The summed E-state index contributed by atoms with van der Waals surface area (Å²) in [5, 5.41) is 13.9. The van der Waals surface area contributed by atoms with E-state index in [0.29, 0.717) is 22.0 Å². The van der Waals surface area contributed by atoms with E-state index in [2.05, 4.69) is 5.16 Å². The SMILES string of the molecule is NCc1cc(-c2cc(Cl)ccc2O)no1. The van der Waals surface area contributed by atoms with Crippen molar-refractivity contribution in [2.75, 3.05) is 0 Å². The predicted molar refractivity (Wildman–Crippen MR) is 56.5 cm³/mol. The van der Waals surface area contributed by atoms with Crippen LogP contribution in [0.15, 0.2) is 28.8 Å². The Hall–Kier alpha value is -1.52. The molecule has 2 rings (SSSR count). The summed E-state index contributed by atoms with van der Waals surface area (Å²) in [7, 11) is 0. The average molecular weight is 225 g/mol. The van der Waals surface area contributed by atoms with Gasteiger partial charge in [0, 0.05) is 16.7 Å². The van der Waals surface area contributed by atoms with Crippen molar-refractivity contribution in [1.29, 1.82) is 0 Å². The first kappa shape index (κ1) is 10.0. The highest BCUT2D eigenvalue weighted by molar-refractivity contribution is 6.30. The zero-order valence-corrected chi connectivity index (χ0v) is 8.53. The maximum Gasteiger partial charge on any atom is 0.150 e. The molecule has 0 saturated carbocycles. The largest absolute Gasteiger partial charge is 0.507 e. The van der Waals surface area contributed by atoms with Crippen LogP contribution in [-0.4, -0.2) is 10.3 Å². The van der Waals surface area contributed by atoms with Crippen LogP contribution in [-0.2, 0) is 6.54 Å². The topological polar surface area (TPSA) is 72.3 Å². The van der Waals surface area contributed by atoms with Gasteiger partial charge in [-0.3, -0.25) is 0 Å². The Bertz CT molecular complexity index is 482. The van der Waals surface area contributed by atoms with E-state index < -0.39 is 0 Å². The van der Waals surface area contributed by atoms with E-state index in [1.165, 1.54) is 6.07 Å². The average Bonchev–Trinajstić information content (AvgIpc) is 2.70. The fraction of sp³-hybridized carbons (Fsp3) is 0.100. The molecule has 0 unspecified atom stereocenters. The number of hydrogen-bond acceptors (Lipinski definition) is 4. The second-order valence-corrected chi connectivity index (χ2v) is 3.48. The van der Waals surface area contributed by atoms with Gasteiger partial charge in [-0.2, -0.15) is 0 Å². The molecule has 0 amide bonds. The summed E-state index contributed by atoms with van der Waals surface area (Å²) in [6.45, 7) is 0.272. The summed E-state index contributed by atoms with van der Waals surface area (Å²) in [5.74, 6) is 0.667. The van der Waals surface area contributed by atoms with Crippen LogP contribution in [0.2, 0.25) is 5.02 Å². The van der Waals surface area contributed by atoms with Gasteiger partial charge < -0.3 is 15.4 Å². The third kappa shape index (κ3) is 1.95. The molecule has 0 spiro atoms. The molecule has 0 aliphatic rings. The minimum atomic E-state index is 0.108. The molecule has 0 radical (unpaired) electrons. The summed E-state index contributed by atoms with van der Waals surface area (Å²) in [4.78, 5) is 0. The summed E-state index contributed by atoms with van der Waals surface area (Å²) in [6.07, 6.45) is 0. The zero-order valence-electron chi connectivity index (χ0n) is 7.77. The summed E-state index contributed by atoms with van der Waals surface area (Å²) < 4.78 is 4.93. The van der Waals surface area contributed by atoms with Gasteiger partial charge in [-0.25, -0.2) is 0 Å². The molecule has 78 valence electrons. The second-order valence-electron chi connectivity index (χ2n) is 3.04. The minimum Gasteiger partial charge on any atom is -0.507 e. The maximum absolute atomic E-state index is 9.60. The Kier molecular flexibility index (Phi) is 2.62. The highest BCUT2D eigenvalue weighted by Gasteiger charge is 2.10. The molecule has 0 atom stereocenters. The molecule has 5 heteroatoms. The number of phenolic OH excluding ortho intramolecular Hbond substituents is 1. The van der Waals surface area contributed by atoms with Crippen molar-refractivity contribution in [3.05, 3.63) is 35.0 Å². The first-order valence-corrected chi connectivity index (χ1v) is 4.73. The van der Waals surface area contributed by atoms with Crippen LogP contribution >= 0.6 is 11.6 Å². The fourth-order valence-corrected chi connectivity index (χ4v) is 1.42. The summed E-state index contributed by atoms with van der Waals surface area (Å²) >= 11 is 5.81. The van der Waals surface area contributed by atoms with Gasteiger partial charge in [-0.15, -0.1) is 0 Å². The number of halogens is 1. The smallest absolute Gasteiger partial charge is 0.150 e. The van der Waals surface area contributed by atoms with Gasteiger partial charge in [-0.1, -0.05) is 16.8 Å². The summed E-state index contributed by atoms with van der Waals surface area (Å²) in [6, 6.07) is 6.40. The molecule has 1 aromatic carbocycles. The van der Waals surface area contributed by atoms with Crippen molar-refractivity contribution >= 4 is 11.6 Å². The Morgan fingerprint density at radius 2 is 2.20 bits per heavy atom. The first-order valence-electron chi connectivity index (χ1n) is 4.35. The Morgan fingerprint density at radius 3 is 2.87 bits per heavy atom. The number of aromatic nitrogens is 1. The third-order valence-corrected chi connectivity index (χ3v) is 2.23. The van der Waals surface area contributed by atoms with Crippen LogP contribution in [0.3, 0.4) is 0 Å². The molecular formula is C10H9ClN2O2. The predicted octanol–water partition coefficient (Wildman–Crippen LogP) is 2.16. The highest BCUT2D eigenvalue weighted by Crippen LogP contribution is 2.30. The van der Waals surface area contributed by atoms with E-state index in [1.54, 1.807) is 18.2 Å². The van der Waals surface area contributed by atoms with E-state index in [9.17, 15) is 5.11 Å². The van der Waals surface area contributed by atoms with Crippen LogP contribution in [0.4, 0.5) is 0 Å². The normalized spacial score (nSPS) is 10.5. The van der Waals surface area contributed by atoms with Gasteiger partial charge in [-0.05, 0) is 18.2 Å². The second kappa shape index (κ2) is 3.92. The number of hydrogen-bond donors (Lipinski definition) is 2. The maximum atomic E-state index is 9.60. The highest BCUT2D eigenvalue weighted by atomic mass is 35.5. The molecule has 0 fully saturated rings. The van der Waals surface area contributed by atoms with Crippen molar-refractivity contribution in [1.82, 2.24) is 5.16 Å². The number of benzene rings is 1. The molecule has 2 aromatic rings. The lowest BCUT2D eigenvalue weighted by molar-refractivity contribution is 0.386. The van der Waals surface area contributed by atoms with Crippen molar-refractivity contribution in [3.8, 4) is 17.0 Å². The van der Waals surface area contributed by atoms with Crippen LogP contribution in [0, 0.1) is 0 Å². The van der Waals surface area contributed by atoms with Crippen molar-refractivity contribution in [3.63, 3.8) is 0 Å². The van der Waals surface area contributed by atoms with Crippen LogP contribution in [0.1, 0.15) is 5.76 Å². The van der Waals surface area contributed by atoms with Gasteiger partial charge in [0.05, 0.1) is 6.54 Å². The number of aromatic hydroxyl groups is 1. The lowest BCUT2D eigenvalue weighted by Gasteiger charge is -1.99. The Balaban J connectivity index is 2.48. The van der Waals surface area contributed by atoms with Crippen molar-refractivity contribution < 1.29 is 9.63 Å². The molecule has 1 heterocycles. The van der Waals surface area contributed by atoms with E-state index in [-0.39, 0.29) is 12.3 Å². The molecule has 4 nitrogen and oxygen atoms in total. The lowest BCUT2D eigenvalue weighted by atomic mass is 10.1. The molecule has 0 aliphatic carbocycles. The molecule has 3 N–H and O–H groups in total. The molecule has 15 heavy (non-hydrogen) atoms. The molecular weight excluding hydrogens is 216 g/mol. The first-order chi connectivity index (χ1) is 7.20. The minimum absolute atomic E-state index is 0.108. The number of rotatable bonds is 2. The van der Waals surface area contributed by atoms with Gasteiger partial charge in [0.25, 0.3) is 0 Å². The van der Waals surface area contributed by atoms with E-state index >= 15 is 0 Å². The third-order valence-electron chi connectivity index (χ3n) is 1.99. The number of nitrogens with two attached hydrogens (primary N) is 1. The molecule has 0 bridgehead atoms. The standard InChI is InChI=1S/C10H9ClN2O2/c11-6-1-2-10(14)8(3-6)9-4-7(5-12)15-13-9/h1-4,14H,5,12H2. The summed E-state index contributed by atoms with van der Waals surface area (Å²) in [5.41, 5.74) is 6.44. The number of nitrogens with zero attached hydrogens (tertiary/aromatic N) is 1. The van der Waals surface area contributed by atoms with Crippen molar-refractivity contribution in [2.45, 2.75) is 6.54 Å². The number of phenols is 1. The van der Waals surface area contributed by atoms with Crippen molar-refractivity contribution in [2.24, 2.45) is 5.73 Å². The molecule has 0 aliphatic heterocycles. The fourth-order valence-electron chi connectivity index (χ4n) is 1.25.